The number of aliphatic hydroxyl groups excluding tert-OH is 1. The summed E-state index contributed by atoms with van der Waals surface area (Å²) in [4.78, 5) is 0. The first-order chi connectivity index (χ1) is 8.13. The van der Waals surface area contributed by atoms with Crippen molar-refractivity contribution in [3.05, 3.63) is 46.7 Å². The predicted molar refractivity (Wildman–Crippen MR) is 68.6 cm³/mol. The van der Waals surface area contributed by atoms with E-state index >= 15 is 0 Å². The number of nitrogens with zero attached hydrogens (tertiary/aromatic N) is 2. The molecular weight excluding hydrogens is 236 g/mol. The third-order valence-corrected chi connectivity index (χ3v) is 3.14. The van der Waals surface area contributed by atoms with Crippen molar-refractivity contribution in [3.8, 4) is 5.69 Å². The van der Waals surface area contributed by atoms with Gasteiger partial charge in [0.05, 0.1) is 22.5 Å². The van der Waals surface area contributed by atoms with Crippen LogP contribution in [0.4, 0.5) is 0 Å². The van der Waals surface area contributed by atoms with Crippen LogP contribution >= 0.6 is 11.6 Å². The third kappa shape index (κ3) is 2.35. The fourth-order valence-corrected chi connectivity index (χ4v) is 1.89. The van der Waals surface area contributed by atoms with Crippen LogP contribution in [-0.2, 0) is 0 Å². The number of aromatic nitrogens is 2. The Kier molecular flexibility index (Phi) is 3.50. The number of hydrogen-bond acceptors (Lipinski definition) is 2. The van der Waals surface area contributed by atoms with Crippen LogP contribution < -0.4 is 0 Å². The van der Waals surface area contributed by atoms with Gasteiger partial charge in [0, 0.05) is 11.8 Å². The van der Waals surface area contributed by atoms with E-state index in [4.69, 9.17) is 11.6 Å². The molecule has 0 spiro atoms. The van der Waals surface area contributed by atoms with Gasteiger partial charge in [-0.05, 0) is 19.4 Å². The number of halogens is 1. The molecule has 0 saturated heterocycles. The first-order valence-electron chi connectivity index (χ1n) is 5.62. The molecule has 1 atom stereocenters. The first-order valence-corrected chi connectivity index (χ1v) is 6.00. The van der Waals surface area contributed by atoms with E-state index in [1.165, 1.54) is 0 Å². The molecule has 90 valence electrons. The Morgan fingerprint density at radius 2 is 2.12 bits per heavy atom. The van der Waals surface area contributed by atoms with Gasteiger partial charge in [0.25, 0.3) is 0 Å². The van der Waals surface area contributed by atoms with E-state index in [2.05, 4.69) is 5.10 Å². The lowest BCUT2D eigenvalue weighted by atomic mass is 10.1. The van der Waals surface area contributed by atoms with Crippen molar-refractivity contribution >= 4 is 11.6 Å². The Labute approximate surface area is 106 Å². The van der Waals surface area contributed by atoms with Gasteiger partial charge in [0.2, 0.25) is 0 Å². The maximum absolute atomic E-state index is 9.97. The first kappa shape index (κ1) is 12.1. The number of rotatable bonds is 3. The van der Waals surface area contributed by atoms with Crippen molar-refractivity contribution in [1.82, 2.24) is 9.78 Å². The summed E-state index contributed by atoms with van der Waals surface area (Å²) < 4.78 is 1.71. The molecule has 4 heteroatoms. The standard InChI is InChI=1S/C13H15ClN2O/c1-3-13(17)10-6-4-5-7-12(10)16-8-11(14)9(2)15-16/h4-8,13,17H,3H2,1-2H3/t13-/m0/s1. The smallest absolute Gasteiger partial charge is 0.0819 e. The van der Waals surface area contributed by atoms with Gasteiger partial charge >= 0.3 is 0 Å². The van der Waals surface area contributed by atoms with E-state index in [0.717, 1.165) is 16.9 Å². The molecule has 0 fully saturated rings. The Balaban J connectivity index is 2.51. The molecule has 1 N–H and O–H groups in total. The van der Waals surface area contributed by atoms with Crippen molar-refractivity contribution in [3.63, 3.8) is 0 Å². The molecule has 3 nitrogen and oxygen atoms in total. The molecule has 0 radical (unpaired) electrons. The van der Waals surface area contributed by atoms with Crippen molar-refractivity contribution < 1.29 is 5.11 Å². The van der Waals surface area contributed by atoms with Gasteiger partial charge in [0.15, 0.2) is 0 Å². The predicted octanol–water partition coefficient (Wildman–Crippen LogP) is 3.28. The zero-order valence-corrected chi connectivity index (χ0v) is 10.6. The van der Waals surface area contributed by atoms with Gasteiger partial charge in [-0.1, -0.05) is 36.7 Å². The second-order valence-corrected chi connectivity index (χ2v) is 4.40. The molecule has 0 saturated carbocycles. The molecule has 0 aliphatic rings. The largest absolute Gasteiger partial charge is 0.388 e. The maximum atomic E-state index is 9.97. The second-order valence-electron chi connectivity index (χ2n) is 3.99. The van der Waals surface area contributed by atoms with Gasteiger partial charge in [-0.15, -0.1) is 0 Å². The molecule has 2 rings (SSSR count). The van der Waals surface area contributed by atoms with Crippen LogP contribution in [0.15, 0.2) is 30.5 Å². The molecule has 0 amide bonds. The molecule has 0 aliphatic carbocycles. The number of aliphatic hydroxyl groups is 1. The van der Waals surface area contributed by atoms with Crippen molar-refractivity contribution in [1.29, 1.82) is 0 Å². The fourth-order valence-electron chi connectivity index (χ4n) is 1.76. The Morgan fingerprint density at radius 1 is 1.41 bits per heavy atom. The van der Waals surface area contributed by atoms with E-state index in [0.29, 0.717) is 11.4 Å². The average molecular weight is 251 g/mol. The summed E-state index contributed by atoms with van der Waals surface area (Å²) in [6.45, 7) is 3.81. The normalized spacial score (nSPS) is 12.7. The molecule has 0 bridgehead atoms. The van der Waals surface area contributed by atoms with Crippen LogP contribution in [0.25, 0.3) is 5.69 Å². The Morgan fingerprint density at radius 3 is 2.71 bits per heavy atom. The van der Waals surface area contributed by atoms with E-state index in [1.54, 1.807) is 10.9 Å². The third-order valence-electron chi connectivity index (χ3n) is 2.77. The SMILES string of the molecule is CC[C@H](O)c1ccccc1-n1cc(Cl)c(C)n1. The van der Waals surface area contributed by atoms with Gasteiger partial charge in [-0.3, -0.25) is 0 Å². The summed E-state index contributed by atoms with van der Waals surface area (Å²) >= 11 is 6.00. The molecule has 2 aromatic rings. The summed E-state index contributed by atoms with van der Waals surface area (Å²) in [5.41, 5.74) is 2.53. The molecular formula is C13H15ClN2O. The van der Waals surface area contributed by atoms with Crippen LogP contribution in [0.2, 0.25) is 5.02 Å². The van der Waals surface area contributed by atoms with Gasteiger partial charge in [-0.2, -0.15) is 5.10 Å². The average Bonchev–Trinajstić information content (AvgIpc) is 2.68. The topological polar surface area (TPSA) is 38.0 Å². The highest BCUT2D eigenvalue weighted by atomic mass is 35.5. The number of hydrogen-bond donors (Lipinski definition) is 1. The second kappa shape index (κ2) is 4.90. The lowest BCUT2D eigenvalue weighted by Crippen LogP contribution is -2.04. The Hall–Kier alpha value is -1.32. The number of benzene rings is 1. The highest BCUT2D eigenvalue weighted by Gasteiger charge is 2.13. The van der Waals surface area contributed by atoms with Crippen LogP contribution in [-0.4, -0.2) is 14.9 Å². The van der Waals surface area contributed by atoms with E-state index in [9.17, 15) is 5.11 Å². The maximum Gasteiger partial charge on any atom is 0.0819 e. The molecule has 1 heterocycles. The lowest BCUT2D eigenvalue weighted by Gasteiger charge is -2.13. The molecule has 0 unspecified atom stereocenters. The monoisotopic (exact) mass is 250 g/mol. The molecule has 17 heavy (non-hydrogen) atoms. The fraction of sp³-hybridized carbons (Fsp3) is 0.308. The highest BCUT2D eigenvalue weighted by Crippen LogP contribution is 2.25. The molecule has 0 aliphatic heterocycles. The summed E-state index contributed by atoms with van der Waals surface area (Å²) in [7, 11) is 0. The van der Waals surface area contributed by atoms with Crippen molar-refractivity contribution in [2.45, 2.75) is 26.4 Å². The number of aryl methyl sites for hydroxylation is 1. The van der Waals surface area contributed by atoms with Crippen LogP contribution in [0.3, 0.4) is 0 Å². The Bertz CT molecular complexity index is 502. The van der Waals surface area contributed by atoms with Crippen molar-refractivity contribution in [2.24, 2.45) is 0 Å². The minimum atomic E-state index is -0.477. The van der Waals surface area contributed by atoms with E-state index in [-0.39, 0.29) is 0 Å². The van der Waals surface area contributed by atoms with Crippen molar-refractivity contribution in [2.75, 3.05) is 0 Å². The highest BCUT2D eigenvalue weighted by molar-refractivity contribution is 6.31. The van der Waals surface area contributed by atoms with E-state index in [1.807, 2.05) is 38.1 Å². The van der Waals surface area contributed by atoms with Crippen LogP contribution in [0.1, 0.15) is 30.7 Å². The summed E-state index contributed by atoms with van der Waals surface area (Å²) in [5, 5.41) is 14.9. The van der Waals surface area contributed by atoms with Gasteiger partial charge < -0.3 is 5.11 Å². The summed E-state index contributed by atoms with van der Waals surface area (Å²) in [6, 6.07) is 7.67. The summed E-state index contributed by atoms with van der Waals surface area (Å²) in [5.74, 6) is 0. The van der Waals surface area contributed by atoms with Gasteiger partial charge in [-0.25, -0.2) is 4.68 Å². The number of para-hydroxylation sites is 1. The van der Waals surface area contributed by atoms with E-state index < -0.39 is 6.10 Å². The minimum absolute atomic E-state index is 0.477. The molecule has 1 aromatic carbocycles. The summed E-state index contributed by atoms with van der Waals surface area (Å²) in [6.07, 6.45) is 1.96. The minimum Gasteiger partial charge on any atom is -0.388 e. The zero-order chi connectivity index (χ0) is 12.4. The lowest BCUT2D eigenvalue weighted by molar-refractivity contribution is 0.173. The van der Waals surface area contributed by atoms with Crippen LogP contribution in [0, 0.1) is 6.92 Å². The van der Waals surface area contributed by atoms with Gasteiger partial charge in [0.1, 0.15) is 0 Å². The quantitative estimate of drug-likeness (QED) is 0.908. The van der Waals surface area contributed by atoms with Crippen LogP contribution in [0.5, 0.6) is 0 Å². The zero-order valence-electron chi connectivity index (χ0n) is 9.89. The molecule has 1 aromatic heterocycles.